The summed E-state index contributed by atoms with van der Waals surface area (Å²) in [5, 5.41) is 8.15. The van der Waals surface area contributed by atoms with Crippen LogP contribution in [0, 0.1) is 0 Å². The average Bonchev–Trinajstić information content (AvgIpc) is 3.14. The third-order valence-corrected chi connectivity index (χ3v) is 5.95. The molecule has 0 radical (unpaired) electrons. The number of fused-ring (bicyclic) bond motifs is 1. The van der Waals surface area contributed by atoms with Crippen LogP contribution in [0.3, 0.4) is 0 Å². The zero-order chi connectivity index (χ0) is 23.4. The van der Waals surface area contributed by atoms with E-state index in [1.165, 1.54) is 41.7 Å². The number of thioether (sulfide) groups is 1. The molecule has 2 aromatic carbocycles. The van der Waals surface area contributed by atoms with Gasteiger partial charge in [0.05, 0.1) is 18.4 Å². The fraction of sp³-hybridized carbons (Fsp3) is 0.136. The Morgan fingerprint density at radius 3 is 2.67 bits per heavy atom. The zero-order valence-electron chi connectivity index (χ0n) is 17.4. The van der Waals surface area contributed by atoms with Gasteiger partial charge in [-0.05, 0) is 29.8 Å². The Hall–Kier alpha value is -3.63. The van der Waals surface area contributed by atoms with Crippen molar-refractivity contribution in [2.75, 3.05) is 12.4 Å². The summed E-state index contributed by atoms with van der Waals surface area (Å²) in [7, 11) is 1.26. The summed E-state index contributed by atoms with van der Waals surface area (Å²) in [6, 6.07) is 13.9. The molecule has 168 valence electrons. The third kappa shape index (κ3) is 5.07. The molecule has 0 saturated carbocycles. The molecule has 4 aromatic rings. The van der Waals surface area contributed by atoms with E-state index >= 15 is 0 Å². The summed E-state index contributed by atoms with van der Waals surface area (Å²) in [4.78, 5) is 41.6. The summed E-state index contributed by atoms with van der Waals surface area (Å²) < 4.78 is 7.13. The summed E-state index contributed by atoms with van der Waals surface area (Å²) in [6.45, 7) is -0.336. The van der Waals surface area contributed by atoms with Crippen molar-refractivity contribution >= 4 is 46.6 Å². The summed E-state index contributed by atoms with van der Waals surface area (Å²) in [6.07, 6.45) is 3.01. The van der Waals surface area contributed by atoms with E-state index in [1.807, 2.05) is 24.3 Å². The molecule has 33 heavy (non-hydrogen) atoms. The molecule has 0 spiro atoms. The van der Waals surface area contributed by atoms with Crippen LogP contribution in [-0.2, 0) is 21.8 Å². The minimum absolute atomic E-state index is 0.209. The van der Waals surface area contributed by atoms with E-state index in [-0.39, 0.29) is 17.8 Å². The molecule has 0 unspecified atom stereocenters. The van der Waals surface area contributed by atoms with Crippen LogP contribution in [0.1, 0.15) is 15.9 Å². The summed E-state index contributed by atoms with van der Waals surface area (Å²) >= 11 is 7.34. The molecule has 0 fully saturated rings. The number of esters is 1. The lowest BCUT2D eigenvalue weighted by Gasteiger charge is -2.09. The molecule has 2 aromatic heterocycles. The van der Waals surface area contributed by atoms with Crippen LogP contribution in [0.2, 0.25) is 5.02 Å². The van der Waals surface area contributed by atoms with E-state index in [4.69, 9.17) is 16.3 Å². The first-order valence-corrected chi connectivity index (χ1v) is 11.1. The number of rotatable bonds is 7. The van der Waals surface area contributed by atoms with E-state index in [0.29, 0.717) is 21.4 Å². The van der Waals surface area contributed by atoms with E-state index in [1.54, 1.807) is 18.2 Å². The number of methoxy groups -OCH3 is 1. The molecule has 1 amide bonds. The fourth-order valence-electron chi connectivity index (χ4n) is 3.07. The maximum Gasteiger partial charge on any atom is 0.350 e. The second-order valence-corrected chi connectivity index (χ2v) is 8.27. The van der Waals surface area contributed by atoms with Crippen molar-refractivity contribution in [2.24, 2.45) is 0 Å². The van der Waals surface area contributed by atoms with E-state index in [9.17, 15) is 14.4 Å². The van der Waals surface area contributed by atoms with Crippen molar-refractivity contribution in [1.29, 1.82) is 0 Å². The number of anilines is 1. The molecule has 4 rings (SSSR count). The Balaban J connectivity index is 1.53. The van der Waals surface area contributed by atoms with Gasteiger partial charge in [0.2, 0.25) is 5.91 Å². The molecule has 0 aliphatic rings. The van der Waals surface area contributed by atoms with Gasteiger partial charge in [-0.2, -0.15) is 0 Å². The van der Waals surface area contributed by atoms with Crippen LogP contribution >= 0.6 is 23.4 Å². The van der Waals surface area contributed by atoms with Gasteiger partial charge in [0, 0.05) is 23.2 Å². The van der Waals surface area contributed by atoms with E-state index in [2.05, 4.69) is 15.4 Å². The van der Waals surface area contributed by atoms with Crippen LogP contribution in [-0.4, -0.2) is 38.2 Å². The fourth-order valence-corrected chi connectivity index (χ4v) is 4.09. The molecule has 1 N–H and O–H groups in total. The van der Waals surface area contributed by atoms with Crippen LogP contribution in [0.15, 0.2) is 70.7 Å². The van der Waals surface area contributed by atoms with Gasteiger partial charge in [0.1, 0.15) is 11.6 Å². The Kier molecular flexibility index (Phi) is 6.76. The molecule has 9 nitrogen and oxygen atoms in total. The first-order chi connectivity index (χ1) is 16.0. The predicted octanol–water partition coefficient (Wildman–Crippen LogP) is 3.26. The molecule has 0 aliphatic carbocycles. The van der Waals surface area contributed by atoms with E-state index < -0.39 is 17.6 Å². The second kappa shape index (κ2) is 9.88. The van der Waals surface area contributed by atoms with Crippen molar-refractivity contribution in [1.82, 2.24) is 19.2 Å². The highest BCUT2D eigenvalue weighted by Gasteiger charge is 2.17. The lowest BCUT2D eigenvalue weighted by Crippen LogP contribution is -2.28. The van der Waals surface area contributed by atoms with Gasteiger partial charge in [-0.25, -0.2) is 23.7 Å². The number of hydrogen-bond donors (Lipinski definition) is 1. The minimum atomic E-state index is -0.579. The van der Waals surface area contributed by atoms with Crippen molar-refractivity contribution in [3.63, 3.8) is 0 Å². The highest BCUT2D eigenvalue weighted by Crippen LogP contribution is 2.24. The van der Waals surface area contributed by atoms with Crippen molar-refractivity contribution < 1.29 is 14.3 Å². The van der Waals surface area contributed by atoms with Crippen LogP contribution in [0.4, 0.5) is 5.69 Å². The predicted molar refractivity (Wildman–Crippen MR) is 125 cm³/mol. The van der Waals surface area contributed by atoms with Gasteiger partial charge in [-0.15, -0.1) is 5.10 Å². The van der Waals surface area contributed by atoms with Crippen LogP contribution in [0.25, 0.3) is 5.65 Å². The van der Waals surface area contributed by atoms with Crippen LogP contribution < -0.4 is 11.0 Å². The number of halogens is 1. The van der Waals surface area contributed by atoms with Crippen molar-refractivity contribution in [2.45, 2.75) is 17.3 Å². The number of carbonyl (C=O) groups is 2. The Morgan fingerprint density at radius 1 is 1.15 bits per heavy atom. The number of para-hydroxylation sites is 1. The lowest BCUT2D eigenvalue weighted by atomic mass is 10.2. The van der Waals surface area contributed by atoms with Crippen LogP contribution in [0.5, 0.6) is 0 Å². The Morgan fingerprint density at radius 2 is 1.91 bits per heavy atom. The number of nitrogens with zero attached hydrogens (tertiary/aromatic N) is 4. The van der Waals surface area contributed by atoms with Gasteiger partial charge >= 0.3 is 11.7 Å². The monoisotopic (exact) mass is 483 g/mol. The highest BCUT2D eigenvalue weighted by molar-refractivity contribution is 7.98. The van der Waals surface area contributed by atoms with Gasteiger partial charge in [0.25, 0.3) is 0 Å². The first-order valence-electron chi connectivity index (χ1n) is 9.75. The van der Waals surface area contributed by atoms with Gasteiger partial charge in [-0.3, -0.25) is 4.79 Å². The third-order valence-electron chi connectivity index (χ3n) is 4.66. The topological polar surface area (TPSA) is 108 Å². The number of hydrogen-bond acceptors (Lipinski definition) is 7. The molecule has 0 aliphatic heterocycles. The van der Waals surface area contributed by atoms with Crippen molar-refractivity contribution in [3.05, 3.63) is 87.6 Å². The Bertz CT molecular complexity index is 1380. The molecular formula is C22H18ClN5O4S. The molecular weight excluding hydrogens is 466 g/mol. The number of aromatic nitrogens is 4. The molecule has 11 heteroatoms. The number of nitrogens with one attached hydrogen (secondary N) is 1. The lowest BCUT2D eigenvalue weighted by molar-refractivity contribution is -0.117. The normalized spacial score (nSPS) is 10.8. The highest BCUT2D eigenvalue weighted by atomic mass is 35.5. The number of carbonyl (C=O) groups excluding carboxylic acids is 2. The van der Waals surface area contributed by atoms with Gasteiger partial charge in [0.15, 0.2) is 5.65 Å². The largest absolute Gasteiger partial charge is 0.465 e. The number of amides is 1. The van der Waals surface area contributed by atoms with Gasteiger partial charge < -0.3 is 10.1 Å². The number of ether oxygens (including phenoxy) is 1. The second-order valence-electron chi connectivity index (χ2n) is 6.87. The maximum absolute atomic E-state index is 12.8. The zero-order valence-corrected chi connectivity index (χ0v) is 19.0. The van der Waals surface area contributed by atoms with E-state index in [0.717, 1.165) is 10.2 Å². The SMILES string of the molecule is COC(=O)c1ccccc1NC(=O)Cn1nc2c(SCc3ccc(Cl)cc3)nccn2c1=O. The van der Waals surface area contributed by atoms with Gasteiger partial charge in [-0.1, -0.05) is 47.6 Å². The Labute approximate surface area is 197 Å². The molecule has 0 atom stereocenters. The number of benzene rings is 2. The quantitative estimate of drug-likeness (QED) is 0.317. The maximum atomic E-state index is 12.8. The minimum Gasteiger partial charge on any atom is -0.465 e. The van der Waals surface area contributed by atoms with Crippen molar-refractivity contribution in [3.8, 4) is 0 Å². The molecule has 0 saturated heterocycles. The summed E-state index contributed by atoms with van der Waals surface area (Å²) in [5.74, 6) is -0.486. The first kappa shape index (κ1) is 22.6. The standard InChI is InChI=1S/C22H18ClN5O4S/c1-32-21(30)16-4-2-3-5-17(16)25-18(29)12-28-22(31)27-11-10-24-20(19(27)26-28)33-13-14-6-8-15(23)9-7-14/h2-11H,12-13H2,1H3,(H,25,29). The molecule has 2 heterocycles. The summed E-state index contributed by atoms with van der Waals surface area (Å²) in [5.41, 5.74) is 1.41. The molecule has 0 bridgehead atoms. The smallest absolute Gasteiger partial charge is 0.350 e. The average molecular weight is 484 g/mol.